The molecule has 24 heavy (non-hydrogen) atoms. The highest BCUT2D eigenvalue weighted by Crippen LogP contribution is 2.36. The minimum absolute atomic E-state index is 0.0357. The number of nitro benzene ring substituents is 1. The molecular weight excluding hydrogens is 314 g/mol. The van der Waals surface area contributed by atoms with Crippen molar-refractivity contribution in [2.45, 2.75) is 0 Å². The van der Waals surface area contributed by atoms with Crippen LogP contribution in [0.1, 0.15) is 26.3 Å². The van der Waals surface area contributed by atoms with Gasteiger partial charge in [0, 0.05) is 17.7 Å². The number of nitrogens with zero attached hydrogens (tertiary/aromatic N) is 1. The Hall–Kier alpha value is -3.48. The molecule has 0 unspecified atom stereocenters. The average Bonchev–Trinajstić information content (AvgIpc) is 2.57. The Labute approximate surface area is 136 Å². The maximum absolute atomic E-state index is 12.8. The van der Waals surface area contributed by atoms with Gasteiger partial charge in [0.05, 0.1) is 23.2 Å². The number of ketones is 2. The Balaban J connectivity index is 2.21. The molecule has 0 radical (unpaired) electrons. The molecule has 0 saturated carbocycles. The summed E-state index contributed by atoms with van der Waals surface area (Å²) in [7, 11) is 1.26. The first-order valence-electron chi connectivity index (χ1n) is 6.90. The predicted octanol–water partition coefficient (Wildman–Crippen LogP) is 2.74. The van der Waals surface area contributed by atoms with E-state index in [1.165, 1.54) is 49.6 Å². The van der Waals surface area contributed by atoms with Crippen LogP contribution in [0.2, 0.25) is 0 Å². The van der Waals surface area contributed by atoms with Crippen LogP contribution in [0.25, 0.3) is 5.57 Å². The number of allylic oxidation sites excluding steroid dienone is 2. The van der Waals surface area contributed by atoms with Crippen LogP contribution >= 0.6 is 0 Å². The molecule has 0 fully saturated rings. The second-order valence-corrected chi connectivity index (χ2v) is 5.07. The van der Waals surface area contributed by atoms with Gasteiger partial charge in [0.1, 0.15) is 5.75 Å². The summed E-state index contributed by atoms with van der Waals surface area (Å²) in [6.07, 6.45) is 0. The van der Waals surface area contributed by atoms with Gasteiger partial charge in [-0.25, -0.2) is 0 Å². The van der Waals surface area contributed by atoms with E-state index < -0.39 is 16.5 Å². The van der Waals surface area contributed by atoms with Gasteiger partial charge in [-0.05, 0) is 29.8 Å². The van der Waals surface area contributed by atoms with Crippen LogP contribution in [-0.2, 0) is 4.74 Å². The normalized spacial score (nSPS) is 13.7. The minimum Gasteiger partial charge on any atom is -0.507 e. The van der Waals surface area contributed by atoms with E-state index in [0.29, 0.717) is 5.56 Å². The van der Waals surface area contributed by atoms with Crippen molar-refractivity contribution in [3.05, 3.63) is 75.0 Å². The van der Waals surface area contributed by atoms with E-state index in [-0.39, 0.29) is 33.9 Å². The lowest BCUT2D eigenvalue weighted by molar-refractivity contribution is -0.384. The molecular formula is C17H11NO6. The van der Waals surface area contributed by atoms with Gasteiger partial charge in [0.25, 0.3) is 5.69 Å². The van der Waals surface area contributed by atoms with Crippen molar-refractivity contribution < 1.29 is 24.4 Å². The molecule has 1 N–H and O–H groups in total. The minimum atomic E-state index is -0.576. The Bertz CT molecular complexity index is 911. The number of benzene rings is 2. The molecule has 0 amide bonds. The Morgan fingerprint density at radius 2 is 1.71 bits per heavy atom. The smallest absolute Gasteiger partial charge is 0.269 e. The number of fused-ring (bicyclic) bond motifs is 1. The predicted molar refractivity (Wildman–Crippen MR) is 83.8 cm³/mol. The number of methoxy groups -OCH3 is 1. The fourth-order valence-electron chi connectivity index (χ4n) is 2.64. The summed E-state index contributed by atoms with van der Waals surface area (Å²) in [5.41, 5.74) is 0.0754. The highest BCUT2D eigenvalue weighted by molar-refractivity contribution is 6.40. The van der Waals surface area contributed by atoms with Gasteiger partial charge < -0.3 is 9.84 Å². The zero-order valence-corrected chi connectivity index (χ0v) is 12.5. The molecule has 1 aliphatic rings. The fourth-order valence-corrected chi connectivity index (χ4v) is 2.64. The second kappa shape index (κ2) is 5.62. The molecule has 0 saturated heterocycles. The lowest BCUT2D eigenvalue weighted by atomic mass is 9.84. The van der Waals surface area contributed by atoms with E-state index in [1.54, 1.807) is 0 Å². The Morgan fingerprint density at radius 3 is 2.29 bits per heavy atom. The van der Waals surface area contributed by atoms with Gasteiger partial charge in [-0.3, -0.25) is 19.7 Å². The first kappa shape index (κ1) is 15.4. The number of aromatic hydroxyl groups is 1. The molecule has 7 nitrogen and oxygen atoms in total. The first-order valence-corrected chi connectivity index (χ1v) is 6.90. The topological polar surface area (TPSA) is 107 Å². The number of hydrogen-bond acceptors (Lipinski definition) is 6. The first-order chi connectivity index (χ1) is 11.5. The van der Waals surface area contributed by atoms with Gasteiger partial charge in [0.15, 0.2) is 5.76 Å². The molecule has 3 rings (SSSR count). The number of hydrogen-bond donors (Lipinski definition) is 1. The van der Waals surface area contributed by atoms with E-state index in [1.807, 2.05) is 0 Å². The molecule has 2 aromatic carbocycles. The van der Waals surface area contributed by atoms with Crippen LogP contribution < -0.4 is 0 Å². The zero-order chi connectivity index (χ0) is 17.4. The van der Waals surface area contributed by atoms with Gasteiger partial charge in [-0.15, -0.1) is 0 Å². The molecule has 0 bridgehead atoms. The van der Waals surface area contributed by atoms with E-state index in [2.05, 4.69) is 0 Å². The largest absolute Gasteiger partial charge is 0.507 e. The highest BCUT2D eigenvalue weighted by atomic mass is 16.6. The van der Waals surface area contributed by atoms with Crippen LogP contribution in [-0.4, -0.2) is 28.7 Å². The number of non-ortho nitro benzene ring substituents is 1. The third-order valence-electron chi connectivity index (χ3n) is 3.75. The summed E-state index contributed by atoms with van der Waals surface area (Å²) in [5.74, 6) is -1.57. The number of nitro groups is 1. The molecule has 2 aromatic rings. The van der Waals surface area contributed by atoms with Crippen molar-refractivity contribution in [2.75, 3.05) is 7.11 Å². The number of phenolic OH excluding ortho intramolecular Hbond substituents is 1. The van der Waals surface area contributed by atoms with Crippen molar-refractivity contribution in [3.8, 4) is 5.75 Å². The summed E-state index contributed by atoms with van der Waals surface area (Å²) < 4.78 is 5.11. The van der Waals surface area contributed by atoms with E-state index in [4.69, 9.17) is 4.74 Å². The van der Waals surface area contributed by atoms with Crippen LogP contribution in [0.15, 0.2) is 48.2 Å². The summed E-state index contributed by atoms with van der Waals surface area (Å²) >= 11 is 0. The molecule has 0 heterocycles. The second-order valence-electron chi connectivity index (χ2n) is 5.07. The number of carbonyl (C=O) groups is 2. The van der Waals surface area contributed by atoms with Gasteiger partial charge in [-0.2, -0.15) is 0 Å². The van der Waals surface area contributed by atoms with Crippen molar-refractivity contribution in [1.82, 2.24) is 0 Å². The Morgan fingerprint density at radius 1 is 1.04 bits per heavy atom. The van der Waals surface area contributed by atoms with Crippen LogP contribution in [0.4, 0.5) is 5.69 Å². The molecule has 0 aromatic heterocycles. The van der Waals surface area contributed by atoms with Crippen molar-refractivity contribution in [1.29, 1.82) is 0 Å². The van der Waals surface area contributed by atoms with E-state index in [9.17, 15) is 24.8 Å². The van der Waals surface area contributed by atoms with Crippen molar-refractivity contribution >= 4 is 22.8 Å². The molecule has 120 valence electrons. The molecule has 0 atom stereocenters. The van der Waals surface area contributed by atoms with Gasteiger partial charge in [-0.1, -0.05) is 6.07 Å². The van der Waals surface area contributed by atoms with Crippen LogP contribution in [0.3, 0.4) is 0 Å². The maximum atomic E-state index is 12.8. The SMILES string of the molecule is COC1=C(c2ccc([N+](=O)[O-])cc2)C(=O)c2c(O)cccc2C1=O. The van der Waals surface area contributed by atoms with Crippen LogP contribution in [0, 0.1) is 10.1 Å². The lowest BCUT2D eigenvalue weighted by Crippen LogP contribution is -2.22. The van der Waals surface area contributed by atoms with Crippen LogP contribution in [0.5, 0.6) is 5.75 Å². The zero-order valence-electron chi connectivity index (χ0n) is 12.5. The Kier molecular flexibility index (Phi) is 3.61. The van der Waals surface area contributed by atoms with Gasteiger partial charge >= 0.3 is 0 Å². The standard InChI is InChI=1S/C17H11NO6/c1-24-17-13(9-5-7-10(8-6-9)18(22)23)16(21)14-11(15(17)20)3-2-4-12(14)19/h2-8,19H,1H3. The van der Waals surface area contributed by atoms with Gasteiger partial charge in [0.2, 0.25) is 11.6 Å². The van der Waals surface area contributed by atoms with E-state index in [0.717, 1.165) is 0 Å². The molecule has 1 aliphatic carbocycles. The molecule has 7 heteroatoms. The summed E-state index contributed by atoms with van der Waals surface area (Å²) in [6, 6.07) is 9.40. The summed E-state index contributed by atoms with van der Waals surface area (Å²) in [4.78, 5) is 35.5. The summed E-state index contributed by atoms with van der Waals surface area (Å²) in [5, 5.41) is 20.7. The third-order valence-corrected chi connectivity index (χ3v) is 3.75. The monoisotopic (exact) mass is 325 g/mol. The fraction of sp³-hybridized carbons (Fsp3) is 0.0588. The lowest BCUT2D eigenvalue weighted by Gasteiger charge is -2.20. The average molecular weight is 325 g/mol. The molecule has 0 aliphatic heterocycles. The molecule has 0 spiro atoms. The van der Waals surface area contributed by atoms with Crippen molar-refractivity contribution in [2.24, 2.45) is 0 Å². The number of Topliss-reactive ketones (excluding diaryl/α,β-unsaturated/α-hetero) is 2. The number of ether oxygens (including phenoxy) is 1. The number of rotatable bonds is 3. The quantitative estimate of drug-likeness (QED) is 0.687. The number of phenols is 1. The highest BCUT2D eigenvalue weighted by Gasteiger charge is 2.36. The van der Waals surface area contributed by atoms with E-state index >= 15 is 0 Å². The summed E-state index contributed by atoms with van der Waals surface area (Å²) in [6.45, 7) is 0. The number of carbonyl (C=O) groups excluding carboxylic acids is 2. The third kappa shape index (κ3) is 2.23. The maximum Gasteiger partial charge on any atom is 0.269 e. The van der Waals surface area contributed by atoms with Crippen molar-refractivity contribution in [3.63, 3.8) is 0 Å².